The number of hydrogen-bond donors (Lipinski definition) is 2. The Morgan fingerprint density at radius 3 is 2.88 bits per heavy atom. The molecule has 0 aliphatic carbocycles. The van der Waals surface area contributed by atoms with Crippen molar-refractivity contribution < 1.29 is 5.11 Å². The molecule has 1 atom stereocenters. The molecule has 5 heteroatoms. The van der Waals surface area contributed by atoms with Gasteiger partial charge in [-0.2, -0.15) is 0 Å². The first-order valence-electron chi connectivity index (χ1n) is 8.15. The minimum atomic E-state index is 0.215. The lowest BCUT2D eigenvalue weighted by Crippen LogP contribution is -2.31. The molecule has 3 aromatic rings. The van der Waals surface area contributed by atoms with E-state index in [0.717, 1.165) is 29.7 Å². The number of fused-ring (bicyclic) bond motifs is 3. The van der Waals surface area contributed by atoms with Gasteiger partial charge in [0.25, 0.3) is 0 Å². The zero-order valence-electron chi connectivity index (χ0n) is 13.9. The van der Waals surface area contributed by atoms with Crippen molar-refractivity contribution in [2.75, 3.05) is 6.54 Å². The van der Waals surface area contributed by atoms with Crippen molar-refractivity contribution in [2.24, 2.45) is 0 Å². The summed E-state index contributed by atoms with van der Waals surface area (Å²) in [5.41, 5.74) is 5.73. The van der Waals surface area contributed by atoms with Gasteiger partial charge in [0, 0.05) is 40.9 Å². The number of rotatable bonds is 2. The van der Waals surface area contributed by atoms with E-state index in [0.29, 0.717) is 11.3 Å². The summed E-state index contributed by atoms with van der Waals surface area (Å²) in [6.07, 6.45) is 0.939. The van der Waals surface area contributed by atoms with Crippen LogP contribution in [0.1, 0.15) is 31.1 Å². The fourth-order valence-electron chi connectivity index (χ4n) is 3.66. The number of phenols is 1. The number of aromatic nitrogens is 3. The Bertz CT molecular complexity index is 944. The van der Waals surface area contributed by atoms with Crippen LogP contribution in [0.2, 0.25) is 0 Å². The van der Waals surface area contributed by atoms with Crippen LogP contribution >= 0.6 is 0 Å². The third kappa shape index (κ3) is 2.16. The Balaban J connectivity index is 1.89. The molecule has 1 aliphatic rings. The van der Waals surface area contributed by atoms with Gasteiger partial charge in [0.05, 0.1) is 11.7 Å². The number of nitrogens with zero attached hydrogens (tertiary/aromatic N) is 3. The smallest absolute Gasteiger partial charge is 0.160 e. The average molecular weight is 320 g/mol. The van der Waals surface area contributed by atoms with Crippen molar-refractivity contribution in [1.29, 1.82) is 0 Å². The van der Waals surface area contributed by atoms with Crippen molar-refractivity contribution in [1.82, 2.24) is 20.1 Å². The van der Waals surface area contributed by atoms with Gasteiger partial charge in [0.1, 0.15) is 5.75 Å². The lowest BCUT2D eigenvalue weighted by molar-refractivity contribution is 0.259. The maximum Gasteiger partial charge on any atom is 0.160 e. The van der Waals surface area contributed by atoms with E-state index in [4.69, 9.17) is 0 Å². The third-order valence-electron chi connectivity index (χ3n) is 4.84. The summed E-state index contributed by atoms with van der Waals surface area (Å²) < 4.78 is 0. The molecule has 4 rings (SSSR count). The fourth-order valence-corrected chi connectivity index (χ4v) is 3.66. The molecule has 1 aliphatic heterocycles. The van der Waals surface area contributed by atoms with Gasteiger partial charge in [-0.05, 0) is 32.0 Å². The molecule has 0 fully saturated rings. The zero-order valence-corrected chi connectivity index (χ0v) is 13.9. The molecule has 122 valence electrons. The number of para-hydroxylation sites is 1. The zero-order chi connectivity index (χ0) is 16.8. The average Bonchev–Trinajstić information content (AvgIpc) is 2.93. The van der Waals surface area contributed by atoms with E-state index in [1.807, 2.05) is 25.1 Å². The summed E-state index contributed by atoms with van der Waals surface area (Å²) in [5.74, 6) is 0.215. The number of allylic oxidation sites excluding steroid dienone is 1. The molecule has 3 heterocycles. The normalized spacial score (nSPS) is 17.1. The van der Waals surface area contributed by atoms with E-state index >= 15 is 0 Å². The minimum absolute atomic E-state index is 0.215. The van der Waals surface area contributed by atoms with Crippen molar-refractivity contribution in [3.8, 4) is 17.0 Å². The maximum atomic E-state index is 10.1. The molecule has 0 spiro atoms. The third-order valence-corrected chi connectivity index (χ3v) is 4.84. The topological polar surface area (TPSA) is 65.0 Å². The number of aromatic hydroxyl groups is 1. The molecule has 0 radical (unpaired) electrons. The predicted octanol–water partition coefficient (Wildman–Crippen LogP) is 3.78. The molecule has 0 amide bonds. The van der Waals surface area contributed by atoms with E-state index in [1.165, 1.54) is 11.3 Å². The Morgan fingerprint density at radius 2 is 2.12 bits per heavy atom. The number of nitrogens with one attached hydrogen (secondary N) is 1. The molecule has 0 saturated heterocycles. The van der Waals surface area contributed by atoms with Gasteiger partial charge in [-0.3, -0.25) is 0 Å². The van der Waals surface area contributed by atoms with Crippen molar-refractivity contribution in [2.45, 2.75) is 26.3 Å². The van der Waals surface area contributed by atoms with Gasteiger partial charge < -0.3 is 15.0 Å². The summed E-state index contributed by atoms with van der Waals surface area (Å²) >= 11 is 0. The van der Waals surface area contributed by atoms with E-state index in [2.05, 4.69) is 33.6 Å². The molecule has 0 bridgehead atoms. The van der Waals surface area contributed by atoms with Crippen LogP contribution in [0.3, 0.4) is 0 Å². The van der Waals surface area contributed by atoms with E-state index in [-0.39, 0.29) is 11.8 Å². The lowest BCUT2D eigenvalue weighted by Gasteiger charge is -2.35. The first-order chi connectivity index (χ1) is 11.6. The number of phenolic OH excluding ortho intramolecular Hbond substituents is 1. The molecule has 0 saturated carbocycles. The van der Waals surface area contributed by atoms with Gasteiger partial charge in [0.2, 0.25) is 0 Å². The van der Waals surface area contributed by atoms with Gasteiger partial charge in [-0.25, -0.2) is 0 Å². The standard InChI is InChI=1S/C19H20N4O/c1-11(2)23-9-8-15-18(12(23)3)14-10-16(21-22-19(14)20-15)13-6-4-5-7-17(13)24/h4-7,10,12,24H,1,8-9H2,2-3H3,(H,20,22)/t12-/m1/s1. The molecule has 24 heavy (non-hydrogen) atoms. The number of aromatic amines is 1. The van der Waals surface area contributed by atoms with Crippen molar-refractivity contribution >= 4 is 11.0 Å². The Kier molecular flexibility index (Phi) is 3.30. The molecular formula is C19H20N4O. The van der Waals surface area contributed by atoms with Gasteiger partial charge in [-0.1, -0.05) is 18.7 Å². The molecule has 5 nitrogen and oxygen atoms in total. The van der Waals surface area contributed by atoms with Gasteiger partial charge in [-0.15, -0.1) is 10.2 Å². The second kappa shape index (κ2) is 5.37. The van der Waals surface area contributed by atoms with Crippen LogP contribution in [0.4, 0.5) is 0 Å². The summed E-state index contributed by atoms with van der Waals surface area (Å²) in [7, 11) is 0. The number of H-pyrrole nitrogens is 1. The Hall–Kier alpha value is -2.82. The highest BCUT2D eigenvalue weighted by atomic mass is 16.3. The van der Waals surface area contributed by atoms with Crippen LogP contribution in [0.25, 0.3) is 22.3 Å². The summed E-state index contributed by atoms with van der Waals surface area (Å²) in [6, 6.07) is 9.47. The monoisotopic (exact) mass is 320 g/mol. The van der Waals surface area contributed by atoms with Gasteiger partial charge in [0.15, 0.2) is 5.65 Å². The molecule has 1 aromatic carbocycles. The second-order valence-corrected chi connectivity index (χ2v) is 6.38. The highest BCUT2D eigenvalue weighted by Crippen LogP contribution is 2.38. The van der Waals surface area contributed by atoms with Crippen LogP contribution in [-0.4, -0.2) is 31.7 Å². The lowest BCUT2D eigenvalue weighted by atomic mass is 9.96. The molecule has 2 aromatic heterocycles. The minimum Gasteiger partial charge on any atom is -0.507 e. The quantitative estimate of drug-likeness (QED) is 0.754. The SMILES string of the molecule is C=C(C)N1CCc2[nH]c3nnc(-c4ccccc4O)cc3c2[C@H]1C. The summed E-state index contributed by atoms with van der Waals surface area (Å²) in [6.45, 7) is 9.29. The van der Waals surface area contributed by atoms with Crippen LogP contribution in [-0.2, 0) is 6.42 Å². The first-order valence-corrected chi connectivity index (χ1v) is 8.15. The van der Waals surface area contributed by atoms with Gasteiger partial charge >= 0.3 is 0 Å². The van der Waals surface area contributed by atoms with E-state index in [1.54, 1.807) is 12.1 Å². The van der Waals surface area contributed by atoms with Crippen molar-refractivity contribution in [3.63, 3.8) is 0 Å². The second-order valence-electron chi connectivity index (χ2n) is 6.38. The molecular weight excluding hydrogens is 300 g/mol. The maximum absolute atomic E-state index is 10.1. The van der Waals surface area contributed by atoms with Crippen LogP contribution in [0.5, 0.6) is 5.75 Å². The number of benzene rings is 1. The van der Waals surface area contributed by atoms with E-state index < -0.39 is 0 Å². The van der Waals surface area contributed by atoms with Crippen LogP contribution < -0.4 is 0 Å². The summed E-state index contributed by atoms with van der Waals surface area (Å²) in [4.78, 5) is 5.72. The first kappa shape index (κ1) is 14.8. The molecule has 2 N–H and O–H groups in total. The van der Waals surface area contributed by atoms with Crippen molar-refractivity contribution in [3.05, 3.63) is 53.9 Å². The highest BCUT2D eigenvalue weighted by molar-refractivity contribution is 5.86. The predicted molar refractivity (Wildman–Crippen MR) is 94.6 cm³/mol. The highest BCUT2D eigenvalue weighted by Gasteiger charge is 2.28. The fraction of sp³-hybridized carbons (Fsp3) is 0.263. The largest absolute Gasteiger partial charge is 0.507 e. The number of hydrogen-bond acceptors (Lipinski definition) is 4. The van der Waals surface area contributed by atoms with E-state index in [9.17, 15) is 5.11 Å². The van der Waals surface area contributed by atoms with Crippen LogP contribution in [0, 0.1) is 0 Å². The summed E-state index contributed by atoms with van der Waals surface area (Å²) in [5, 5.41) is 19.8. The molecule has 0 unspecified atom stereocenters. The Labute approximate surface area is 140 Å². The Morgan fingerprint density at radius 1 is 1.33 bits per heavy atom. The van der Waals surface area contributed by atoms with Crippen LogP contribution in [0.15, 0.2) is 42.6 Å².